The lowest BCUT2D eigenvalue weighted by atomic mass is 9.72. The second-order valence-corrected chi connectivity index (χ2v) is 9.52. The highest BCUT2D eigenvalue weighted by Gasteiger charge is 2.40. The zero-order chi connectivity index (χ0) is 25.7. The number of aromatic nitrogens is 1. The van der Waals surface area contributed by atoms with Crippen molar-refractivity contribution in [3.05, 3.63) is 35.5 Å². The Kier molecular flexibility index (Phi) is 4.20. The summed E-state index contributed by atoms with van der Waals surface area (Å²) in [7, 11) is -3.67. The van der Waals surface area contributed by atoms with Crippen molar-refractivity contribution in [3.63, 3.8) is 0 Å². The van der Waals surface area contributed by atoms with Crippen LogP contribution in [0.1, 0.15) is 46.3 Å². The molecule has 27 heavy (non-hydrogen) atoms. The number of aromatic amines is 1. The lowest BCUT2D eigenvalue weighted by Gasteiger charge is -2.47. The molecule has 2 aromatic rings. The fourth-order valence-electron chi connectivity index (χ4n) is 4.35. The maximum absolute atomic E-state index is 9.19. The van der Waals surface area contributed by atoms with E-state index >= 15 is 0 Å². The van der Waals surface area contributed by atoms with Crippen LogP contribution in [0.25, 0.3) is 10.9 Å². The van der Waals surface area contributed by atoms with Gasteiger partial charge in [-0.25, -0.2) is 0 Å². The first-order valence-electron chi connectivity index (χ1n) is 12.3. The van der Waals surface area contributed by atoms with Crippen molar-refractivity contribution in [2.45, 2.75) is 38.0 Å². The van der Waals surface area contributed by atoms with E-state index in [1.807, 2.05) is 24.6 Å². The predicted octanol–water partition coefficient (Wildman–Crippen LogP) is 3.78. The second-order valence-electron chi connectivity index (χ2n) is 7.14. The summed E-state index contributed by atoms with van der Waals surface area (Å²) >= 11 is 1.69. The van der Waals surface area contributed by atoms with Gasteiger partial charge in [-0.05, 0) is 60.8 Å². The molecular weight excluding hydrogens is 380 g/mol. The van der Waals surface area contributed by atoms with Gasteiger partial charge in [0, 0.05) is 45.2 Å². The van der Waals surface area contributed by atoms with Gasteiger partial charge in [0.1, 0.15) is 0 Å². The van der Waals surface area contributed by atoms with Crippen LogP contribution in [0.15, 0.2) is 24.4 Å². The Morgan fingerprint density at radius 2 is 2.26 bits per heavy atom. The van der Waals surface area contributed by atoms with Gasteiger partial charge in [-0.15, -0.1) is 0 Å². The predicted molar refractivity (Wildman–Crippen MR) is 114 cm³/mol. The normalized spacial score (nSPS) is 30.3. The molecule has 1 fully saturated rings. The largest absolute Gasteiger partial charge is 0.361 e. The molecular formula is C20H30N2O3S2. The zero-order valence-electron chi connectivity index (χ0n) is 22.4. The van der Waals surface area contributed by atoms with Crippen molar-refractivity contribution < 1.29 is 22.6 Å². The van der Waals surface area contributed by atoms with Gasteiger partial charge in [-0.1, -0.05) is 19.0 Å². The number of nitrogens with zero attached hydrogens (tertiary/aromatic N) is 1. The number of nitrogens with one attached hydrogen (secondary N) is 1. The van der Waals surface area contributed by atoms with Crippen molar-refractivity contribution >= 4 is 32.8 Å². The number of fused-ring (bicyclic) bond motifs is 2. The SMILES string of the molecule is CS(=O)(=O)O.[2H]C([2H])([2H])C([2H])([2H])C([2H])([2H])N1C[C@H](CSC)C[C@@H]2c3cccc4[nH]cc(c34)C[C@H]21. The first-order chi connectivity index (χ1) is 15.5. The number of benzene rings is 1. The molecule has 1 aliphatic heterocycles. The van der Waals surface area contributed by atoms with Gasteiger partial charge >= 0.3 is 0 Å². The molecule has 4 rings (SSSR count). The molecule has 0 amide bonds. The molecule has 0 bridgehead atoms. The summed E-state index contributed by atoms with van der Waals surface area (Å²) in [5, 5.41) is 1.19. The van der Waals surface area contributed by atoms with E-state index in [-0.39, 0.29) is 17.9 Å². The molecule has 1 aliphatic carbocycles. The van der Waals surface area contributed by atoms with Crippen LogP contribution in [0.3, 0.4) is 0 Å². The Morgan fingerprint density at radius 1 is 1.48 bits per heavy atom. The Balaban J connectivity index is 0.000000588. The summed E-state index contributed by atoms with van der Waals surface area (Å²) in [6, 6.07) is 5.85. The minimum Gasteiger partial charge on any atom is -0.361 e. The minimum absolute atomic E-state index is 0.0513. The molecule has 0 saturated carbocycles. The molecule has 0 radical (unpaired) electrons. The molecule has 150 valence electrons. The highest BCUT2D eigenvalue weighted by atomic mass is 32.2. The third-order valence-corrected chi connectivity index (χ3v) is 5.96. The highest BCUT2D eigenvalue weighted by Crippen LogP contribution is 2.45. The van der Waals surface area contributed by atoms with Gasteiger partial charge < -0.3 is 4.98 Å². The summed E-state index contributed by atoms with van der Waals surface area (Å²) in [4.78, 5) is 4.82. The average molecular weight is 418 g/mol. The number of hydrogen-bond donors (Lipinski definition) is 2. The summed E-state index contributed by atoms with van der Waals surface area (Å²) in [6.07, 6.45) is 3.19. The molecule has 5 nitrogen and oxygen atoms in total. The van der Waals surface area contributed by atoms with Crippen LogP contribution < -0.4 is 0 Å². The van der Waals surface area contributed by atoms with E-state index in [4.69, 9.17) is 14.1 Å². The van der Waals surface area contributed by atoms with Crippen LogP contribution in [0.5, 0.6) is 0 Å². The smallest absolute Gasteiger partial charge is 0.261 e. The number of piperidine rings is 1. The maximum atomic E-state index is 9.19. The molecule has 1 saturated heterocycles. The lowest BCUT2D eigenvalue weighted by Crippen LogP contribution is -2.50. The molecule has 1 aromatic heterocycles. The molecule has 2 aliphatic rings. The fourth-order valence-corrected chi connectivity index (χ4v) is 5.06. The molecule has 2 heterocycles. The third kappa shape index (κ3) is 4.88. The molecule has 3 atom stereocenters. The highest BCUT2D eigenvalue weighted by molar-refractivity contribution is 7.98. The Morgan fingerprint density at radius 3 is 2.96 bits per heavy atom. The Hall–Kier alpha value is -1.02. The summed E-state index contributed by atoms with van der Waals surface area (Å²) in [5.41, 5.74) is 3.32. The monoisotopic (exact) mass is 417 g/mol. The Bertz CT molecular complexity index is 1130. The number of rotatable bonds is 4. The van der Waals surface area contributed by atoms with Gasteiger partial charge in [0.2, 0.25) is 0 Å². The van der Waals surface area contributed by atoms with Crippen molar-refractivity contribution in [2.75, 3.05) is 31.3 Å². The molecule has 1 aromatic carbocycles. The van der Waals surface area contributed by atoms with Gasteiger partial charge in [0.15, 0.2) is 0 Å². The van der Waals surface area contributed by atoms with Crippen LogP contribution in [-0.2, 0) is 16.5 Å². The topological polar surface area (TPSA) is 73.4 Å². The fraction of sp³-hybridized carbons (Fsp3) is 0.600. The van der Waals surface area contributed by atoms with Gasteiger partial charge in [-0.3, -0.25) is 9.45 Å². The summed E-state index contributed by atoms with van der Waals surface area (Å²) in [6.45, 7) is -5.30. The van der Waals surface area contributed by atoms with Gasteiger partial charge in [0.25, 0.3) is 10.1 Å². The van der Waals surface area contributed by atoms with Crippen LogP contribution in [0.2, 0.25) is 0 Å². The van der Waals surface area contributed by atoms with Gasteiger partial charge in [-0.2, -0.15) is 20.2 Å². The Labute approximate surface area is 176 Å². The molecule has 0 spiro atoms. The minimum atomic E-state index is -3.67. The zero-order valence-corrected chi connectivity index (χ0v) is 17.0. The van der Waals surface area contributed by atoms with E-state index in [9.17, 15) is 8.42 Å². The quantitative estimate of drug-likeness (QED) is 0.741. The first kappa shape index (κ1) is 13.2. The molecule has 2 N–H and O–H groups in total. The molecule has 7 heteroatoms. The summed E-state index contributed by atoms with van der Waals surface area (Å²) < 4.78 is 82.5. The van der Waals surface area contributed by atoms with Crippen molar-refractivity contribution in [2.24, 2.45) is 5.92 Å². The van der Waals surface area contributed by atoms with Crippen LogP contribution in [-0.4, -0.2) is 60.2 Å². The second kappa shape index (κ2) is 8.55. The van der Waals surface area contributed by atoms with Crippen LogP contribution >= 0.6 is 11.8 Å². The maximum Gasteiger partial charge on any atom is 0.261 e. The molecule has 0 unspecified atom stereocenters. The van der Waals surface area contributed by atoms with E-state index in [1.165, 1.54) is 10.3 Å². The number of likely N-dealkylation sites (tertiary alicyclic amines) is 1. The van der Waals surface area contributed by atoms with Crippen LogP contribution in [0, 0.1) is 5.92 Å². The third-order valence-electron chi connectivity index (χ3n) is 5.16. The van der Waals surface area contributed by atoms with Crippen molar-refractivity contribution in [3.8, 4) is 0 Å². The van der Waals surface area contributed by atoms with E-state index < -0.39 is 29.8 Å². The number of thioether (sulfide) groups is 1. The van der Waals surface area contributed by atoms with Gasteiger partial charge in [0.05, 0.1) is 6.26 Å². The van der Waals surface area contributed by atoms with E-state index in [0.29, 0.717) is 19.2 Å². The van der Waals surface area contributed by atoms with E-state index in [2.05, 4.69) is 11.1 Å². The van der Waals surface area contributed by atoms with E-state index in [0.717, 1.165) is 28.8 Å². The first-order valence-corrected chi connectivity index (χ1v) is 12.0. The summed E-state index contributed by atoms with van der Waals surface area (Å²) in [5.74, 6) is 1.06. The van der Waals surface area contributed by atoms with Crippen molar-refractivity contribution in [1.29, 1.82) is 0 Å². The average Bonchev–Trinajstić information content (AvgIpc) is 3.10. The number of hydrogen-bond acceptors (Lipinski definition) is 4. The van der Waals surface area contributed by atoms with Crippen LogP contribution in [0.4, 0.5) is 0 Å². The van der Waals surface area contributed by atoms with Crippen molar-refractivity contribution in [1.82, 2.24) is 9.88 Å². The van der Waals surface area contributed by atoms with E-state index in [1.54, 1.807) is 11.8 Å². The number of H-pyrrole nitrogens is 1. The standard InChI is InChI=1S/C19H26N2S.CH4O3S/c1-3-7-21-11-13(12-22-2)8-16-15-5-4-6-17-19(15)14(10-20-17)9-18(16)21;1-5(2,3)4/h4-6,10,13,16,18,20H,3,7-9,11-12H2,1-2H3;1H3,(H,2,3,4)/t13-,16-,18-;/m1./s1/i1D3,3D2,7D2;. The lowest BCUT2D eigenvalue weighted by molar-refractivity contribution is 0.0926.